The lowest BCUT2D eigenvalue weighted by atomic mass is 9.49. The van der Waals surface area contributed by atoms with E-state index >= 15 is 0 Å². The molecular weight excluding hydrogens is 400 g/mol. The largest absolute Gasteiger partial charge is 0.388 e. The molecule has 5 fully saturated rings. The second-order valence-corrected chi connectivity index (χ2v) is 14.0. The molecule has 0 heterocycles. The van der Waals surface area contributed by atoms with Crippen LogP contribution in [0.2, 0.25) is 0 Å². The number of hydrogen-bond donors (Lipinski definition) is 1. The molecule has 0 aliphatic heterocycles. The average Bonchev–Trinajstić information content (AvgIpc) is 3.58. The van der Waals surface area contributed by atoms with Gasteiger partial charge in [-0.3, -0.25) is 0 Å². The predicted octanol–water partition coefficient (Wildman–Crippen LogP) is 8.69. The standard InChI is InChI=1S/C32H48O/c1-23(2)25-10-16-28(4)27(21-25)24(3)9-17-31(28)18-11-26(22-31)32(33)29(12-5-6-13-29)19-20-30(32)14-7-8-15-30/h9,17,25-26,33H,1,5-8,10-16,18-22H2,2-4H3/t25-,26-,28-,31+/m1/s1. The summed E-state index contributed by atoms with van der Waals surface area (Å²) in [5, 5.41) is 13.1. The van der Waals surface area contributed by atoms with Gasteiger partial charge in [0.05, 0.1) is 5.60 Å². The van der Waals surface area contributed by atoms with Gasteiger partial charge in [-0.05, 0) is 124 Å². The van der Waals surface area contributed by atoms with Gasteiger partial charge in [0.25, 0.3) is 0 Å². The lowest BCUT2D eigenvalue weighted by Gasteiger charge is -2.56. The monoisotopic (exact) mass is 448 g/mol. The molecule has 0 aromatic heterocycles. The van der Waals surface area contributed by atoms with Gasteiger partial charge in [-0.1, -0.05) is 68.1 Å². The van der Waals surface area contributed by atoms with Crippen molar-refractivity contribution in [3.63, 3.8) is 0 Å². The zero-order valence-corrected chi connectivity index (χ0v) is 21.8. The molecule has 0 amide bonds. The maximum atomic E-state index is 13.1. The number of rotatable bonds is 2. The molecule has 1 heteroatoms. The molecule has 1 nitrogen and oxygen atoms in total. The van der Waals surface area contributed by atoms with Gasteiger partial charge < -0.3 is 5.11 Å². The Morgan fingerprint density at radius 2 is 1.52 bits per heavy atom. The molecular formula is C32H48O. The molecule has 4 atom stereocenters. The van der Waals surface area contributed by atoms with Crippen LogP contribution in [0.1, 0.15) is 124 Å². The summed E-state index contributed by atoms with van der Waals surface area (Å²) in [6, 6.07) is 0. The van der Waals surface area contributed by atoms with Crippen LogP contribution in [0.3, 0.4) is 0 Å². The lowest BCUT2D eigenvalue weighted by molar-refractivity contribution is -0.173. The molecule has 6 rings (SSSR count). The van der Waals surface area contributed by atoms with E-state index in [1.54, 1.807) is 5.57 Å². The van der Waals surface area contributed by atoms with E-state index in [0.717, 1.165) is 0 Å². The van der Waals surface area contributed by atoms with Gasteiger partial charge in [-0.15, -0.1) is 0 Å². The zero-order valence-electron chi connectivity index (χ0n) is 21.8. The highest BCUT2D eigenvalue weighted by Crippen LogP contribution is 2.75. The molecule has 0 aromatic carbocycles. The van der Waals surface area contributed by atoms with Crippen molar-refractivity contribution in [3.8, 4) is 0 Å². The Hall–Kier alpha value is -0.820. The van der Waals surface area contributed by atoms with E-state index < -0.39 is 5.60 Å². The Morgan fingerprint density at radius 1 is 0.909 bits per heavy atom. The summed E-state index contributed by atoms with van der Waals surface area (Å²) in [6.07, 6.45) is 25.9. The predicted molar refractivity (Wildman–Crippen MR) is 138 cm³/mol. The first-order valence-electron chi connectivity index (χ1n) is 14.5. The van der Waals surface area contributed by atoms with E-state index in [9.17, 15) is 5.11 Å². The van der Waals surface area contributed by atoms with E-state index in [1.807, 2.05) is 0 Å². The minimum atomic E-state index is -0.411. The van der Waals surface area contributed by atoms with Gasteiger partial charge in [0, 0.05) is 0 Å². The van der Waals surface area contributed by atoms with Crippen LogP contribution >= 0.6 is 0 Å². The fraction of sp³-hybridized carbons (Fsp3) is 0.812. The Labute approximate surface area is 203 Å². The van der Waals surface area contributed by atoms with Crippen LogP contribution in [0.15, 0.2) is 35.5 Å². The van der Waals surface area contributed by atoms with E-state index in [0.29, 0.717) is 11.8 Å². The quantitative estimate of drug-likeness (QED) is 0.419. The van der Waals surface area contributed by atoms with Crippen LogP contribution in [0.4, 0.5) is 0 Å². The van der Waals surface area contributed by atoms with Crippen molar-refractivity contribution in [1.82, 2.24) is 0 Å². The highest BCUT2D eigenvalue weighted by molar-refractivity contribution is 5.41. The summed E-state index contributed by atoms with van der Waals surface area (Å²) in [5.74, 6) is 1.16. The fourth-order valence-electron chi connectivity index (χ4n) is 11.1. The normalized spacial score (nSPS) is 42.7. The fourth-order valence-corrected chi connectivity index (χ4v) is 11.1. The molecule has 0 radical (unpaired) electrons. The van der Waals surface area contributed by atoms with Crippen molar-refractivity contribution >= 4 is 0 Å². The molecule has 0 bridgehead atoms. The summed E-state index contributed by atoms with van der Waals surface area (Å²) in [6.45, 7) is 11.5. The van der Waals surface area contributed by atoms with E-state index in [4.69, 9.17) is 0 Å². The van der Waals surface area contributed by atoms with Gasteiger partial charge in [0.1, 0.15) is 0 Å². The van der Waals surface area contributed by atoms with E-state index in [2.05, 4.69) is 39.5 Å². The smallest absolute Gasteiger partial charge is 0.0787 e. The minimum Gasteiger partial charge on any atom is -0.388 e. The summed E-state index contributed by atoms with van der Waals surface area (Å²) in [4.78, 5) is 0. The third-order valence-corrected chi connectivity index (χ3v) is 13.0. The van der Waals surface area contributed by atoms with Crippen molar-refractivity contribution in [3.05, 3.63) is 35.5 Å². The van der Waals surface area contributed by atoms with Crippen molar-refractivity contribution in [2.45, 2.75) is 129 Å². The number of hydrogen-bond acceptors (Lipinski definition) is 1. The molecule has 0 aromatic rings. The summed E-state index contributed by atoms with van der Waals surface area (Å²) in [5.41, 5.74) is 5.21. The van der Waals surface area contributed by atoms with Gasteiger partial charge >= 0.3 is 0 Å². The Morgan fingerprint density at radius 3 is 2.09 bits per heavy atom. The molecule has 5 saturated carbocycles. The second-order valence-electron chi connectivity index (χ2n) is 14.0. The zero-order chi connectivity index (χ0) is 23.1. The average molecular weight is 449 g/mol. The van der Waals surface area contributed by atoms with Gasteiger partial charge in [-0.25, -0.2) is 0 Å². The van der Waals surface area contributed by atoms with Gasteiger partial charge in [0.15, 0.2) is 0 Å². The Balaban J connectivity index is 1.37. The van der Waals surface area contributed by atoms with Gasteiger partial charge in [0.2, 0.25) is 0 Å². The third-order valence-electron chi connectivity index (χ3n) is 13.0. The first-order chi connectivity index (χ1) is 15.7. The molecule has 6 aliphatic carbocycles. The third kappa shape index (κ3) is 2.75. The summed E-state index contributed by atoms with van der Waals surface area (Å²) in [7, 11) is 0. The molecule has 0 unspecified atom stereocenters. The van der Waals surface area contributed by atoms with Crippen LogP contribution < -0.4 is 0 Å². The first kappa shape index (κ1) is 22.6. The SMILES string of the molecule is C=C(C)[C@@H]1CC[C@]2(C)C(=C(C)C=C[C@@]23CC[C@@H](C2(O)C4(CCCC4)CCC24CCCC4)C3)C1. The first-order valence-corrected chi connectivity index (χ1v) is 14.5. The molecule has 3 spiro atoms. The molecule has 0 saturated heterocycles. The van der Waals surface area contributed by atoms with Crippen molar-refractivity contribution in [1.29, 1.82) is 0 Å². The highest BCUT2D eigenvalue weighted by atomic mass is 16.3. The number of aliphatic hydroxyl groups is 1. The van der Waals surface area contributed by atoms with Crippen LogP contribution in [0.5, 0.6) is 0 Å². The number of fused-ring (bicyclic) bond motifs is 2. The topological polar surface area (TPSA) is 20.2 Å². The van der Waals surface area contributed by atoms with Gasteiger partial charge in [-0.2, -0.15) is 0 Å². The summed E-state index contributed by atoms with van der Waals surface area (Å²) < 4.78 is 0. The Kier molecular flexibility index (Phi) is 5.04. The maximum Gasteiger partial charge on any atom is 0.0787 e. The molecule has 1 N–H and O–H groups in total. The van der Waals surface area contributed by atoms with Crippen LogP contribution in [-0.4, -0.2) is 10.7 Å². The van der Waals surface area contributed by atoms with E-state index in [1.165, 1.54) is 114 Å². The lowest BCUT2D eigenvalue weighted by Crippen LogP contribution is -2.57. The summed E-state index contributed by atoms with van der Waals surface area (Å²) >= 11 is 0. The highest BCUT2D eigenvalue weighted by Gasteiger charge is 2.72. The molecule has 182 valence electrons. The molecule has 33 heavy (non-hydrogen) atoms. The molecule has 6 aliphatic rings. The van der Waals surface area contributed by atoms with Crippen LogP contribution in [0, 0.1) is 33.5 Å². The van der Waals surface area contributed by atoms with E-state index in [-0.39, 0.29) is 21.7 Å². The number of allylic oxidation sites excluding steroid dienone is 5. The second kappa shape index (κ2) is 7.35. The van der Waals surface area contributed by atoms with Crippen LogP contribution in [-0.2, 0) is 0 Å². The van der Waals surface area contributed by atoms with Crippen molar-refractivity contribution < 1.29 is 5.11 Å². The maximum absolute atomic E-state index is 13.1. The minimum absolute atomic E-state index is 0.235. The van der Waals surface area contributed by atoms with Crippen molar-refractivity contribution in [2.24, 2.45) is 33.5 Å². The van der Waals surface area contributed by atoms with Crippen LogP contribution in [0.25, 0.3) is 0 Å². The Bertz CT molecular complexity index is 867. The van der Waals surface area contributed by atoms with Crippen molar-refractivity contribution in [2.75, 3.05) is 0 Å².